The normalized spacial score (nSPS) is 10.4. The van der Waals surface area contributed by atoms with Gasteiger partial charge in [-0.2, -0.15) is 16.3 Å². The van der Waals surface area contributed by atoms with E-state index in [1.165, 1.54) is 23.5 Å². The van der Waals surface area contributed by atoms with Crippen LogP contribution in [-0.2, 0) is 11.2 Å². The molecule has 2 heterocycles. The topological polar surface area (TPSA) is 117 Å². The Morgan fingerprint density at radius 1 is 1.20 bits per heavy atom. The molecule has 25 heavy (non-hydrogen) atoms. The Hall–Kier alpha value is -3.20. The summed E-state index contributed by atoms with van der Waals surface area (Å²) >= 11 is 1.53. The summed E-state index contributed by atoms with van der Waals surface area (Å²) in [5.41, 5.74) is 5.44. The zero-order valence-electron chi connectivity index (χ0n) is 12.9. The summed E-state index contributed by atoms with van der Waals surface area (Å²) < 4.78 is 5.09. The smallest absolute Gasteiger partial charge is 0.273 e. The van der Waals surface area contributed by atoms with E-state index >= 15 is 0 Å². The minimum atomic E-state index is -0.607. The second-order valence-electron chi connectivity index (χ2n) is 5.04. The van der Waals surface area contributed by atoms with Gasteiger partial charge >= 0.3 is 0 Å². The summed E-state index contributed by atoms with van der Waals surface area (Å²) in [4.78, 5) is 27.9. The number of benzene rings is 1. The number of phenols is 1. The number of thiophene rings is 1. The van der Waals surface area contributed by atoms with E-state index < -0.39 is 11.8 Å². The van der Waals surface area contributed by atoms with Crippen molar-refractivity contribution in [3.63, 3.8) is 0 Å². The first-order valence-corrected chi connectivity index (χ1v) is 8.30. The van der Waals surface area contributed by atoms with Crippen LogP contribution in [0.5, 0.6) is 5.75 Å². The molecule has 8 nitrogen and oxygen atoms in total. The molecule has 128 valence electrons. The molecule has 9 heteroatoms. The van der Waals surface area contributed by atoms with E-state index in [0.29, 0.717) is 11.7 Å². The third kappa shape index (κ3) is 4.21. The molecule has 3 N–H and O–H groups in total. The molecule has 0 aliphatic carbocycles. The monoisotopic (exact) mass is 358 g/mol. The molecule has 0 bridgehead atoms. The van der Waals surface area contributed by atoms with Crippen molar-refractivity contribution >= 4 is 23.2 Å². The Bertz CT molecular complexity index is 876. The van der Waals surface area contributed by atoms with Gasteiger partial charge in [0.2, 0.25) is 17.6 Å². The quantitative estimate of drug-likeness (QED) is 0.600. The van der Waals surface area contributed by atoms with Crippen LogP contribution in [0.4, 0.5) is 0 Å². The molecule has 2 amide bonds. The van der Waals surface area contributed by atoms with Crippen LogP contribution in [0, 0.1) is 0 Å². The predicted octanol–water partition coefficient (Wildman–Crippen LogP) is 1.90. The molecule has 0 spiro atoms. The largest absolute Gasteiger partial charge is 0.507 e. The summed E-state index contributed by atoms with van der Waals surface area (Å²) in [7, 11) is 0. The van der Waals surface area contributed by atoms with E-state index in [9.17, 15) is 14.7 Å². The van der Waals surface area contributed by atoms with Gasteiger partial charge in [-0.3, -0.25) is 20.4 Å². The van der Waals surface area contributed by atoms with Gasteiger partial charge in [-0.25, -0.2) is 0 Å². The fourth-order valence-electron chi connectivity index (χ4n) is 2.01. The number of nitrogens with zero attached hydrogens (tertiary/aromatic N) is 2. The van der Waals surface area contributed by atoms with Crippen LogP contribution in [-0.4, -0.2) is 27.1 Å². The molecule has 0 radical (unpaired) electrons. The number of carbonyl (C=O) groups excluding carboxylic acids is 2. The minimum absolute atomic E-state index is 0.0618. The zero-order valence-corrected chi connectivity index (χ0v) is 13.7. The fraction of sp³-hybridized carbons (Fsp3) is 0.125. The summed E-state index contributed by atoms with van der Waals surface area (Å²) in [6, 6.07) is 7.91. The van der Waals surface area contributed by atoms with Gasteiger partial charge in [0.15, 0.2) is 0 Å². The average molecular weight is 358 g/mol. The van der Waals surface area contributed by atoms with E-state index in [1.807, 2.05) is 16.8 Å². The van der Waals surface area contributed by atoms with Crippen LogP contribution in [0.15, 0.2) is 45.6 Å². The first-order valence-electron chi connectivity index (χ1n) is 7.36. The Morgan fingerprint density at radius 3 is 2.80 bits per heavy atom. The Labute approximate surface area is 146 Å². The van der Waals surface area contributed by atoms with Gasteiger partial charge in [0, 0.05) is 23.8 Å². The van der Waals surface area contributed by atoms with E-state index in [4.69, 9.17) is 4.52 Å². The van der Waals surface area contributed by atoms with Crippen molar-refractivity contribution < 1.29 is 19.2 Å². The van der Waals surface area contributed by atoms with Crippen molar-refractivity contribution in [1.82, 2.24) is 21.0 Å². The Kier molecular flexibility index (Phi) is 5.05. The molecule has 0 atom stereocenters. The standard InChI is InChI=1S/C16H14N4O4S/c21-12-4-2-1-3-11(12)16(23)19-18-13(22)5-6-14-17-15(20-24-14)10-7-8-25-9-10/h1-4,7-9,21H,5-6H2,(H,18,22)(H,19,23). The first-order chi connectivity index (χ1) is 12.1. The number of aromatic hydroxyl groups is 1. The molecule has 2 aromatic heterocycles. The van der Waals surface area contributed by atoms with Crippen molar-refractivity contribution in [2.24, 2.45) is 0 Å². The molecule has 0 fully saturated rings. The van der Waals surface area contributed by atoms with Crippen LogP contribution in [0.1, 0.15) is 22.7 Å². The SMILES string of the molecule is O=C(CCc1nc(-c2ccsc2)no1)NNC(=O)c1ccccc1O. The third-order valence-corrected chi connectivity index (χ3v) is 3.96. The average Bonchev–Trinajstić information content (AvgIpc) is 3.29. The number of hydrogen-bond donors (Lipinski definition) is 3. The fourth-order valence-corrected chi connectivity index (χ4v) is 2.64. The van der Waals surface area contributed by atoms with Crippen LogP contribution in [0.2, 0.25) is 0 Å². The van der Waals surface area contributed by atoms with Gasteiger partial charge in [-0.15, -0.1) is 0 Å². The van der Waals surface area contributed by atoms with Gasteiger partial charge in [-0.05, 0) is 23.6 Å². The number of para-hydroxylation sites is 1. The lowest BCUT2D eigenvalue weighted by molar-refractivity contribution is -0.121. The van der Waals surface area contributed by atoms with Crippen molar-refractivity contribution in [2.45, 2.75) is 12.8 Å². The van der Waals surface area contributed by atoms with Crippen LogP contribution < -0.4 is 10.9 Å². The summed E-state index contributed by atoms with van der Waals surface area (Å²) in [6.07, 6.45) is 0.307. The van der Waals surface area contributed by atoms with Gasteiger partial charge in [0.25, 0.3) is 5.91 Å². The molecule has 0 aliphatic rings. The maximum Gasteiger partial charge on any atom is 0.273 e. The highest BCUT2D eigenvalue weighted by Crippen LogP contribution is 2.19. The van der Waals surface area contributed by atoms with Crippen molar-refractivity contribution in [2.75, 3.05) is 0 Å². The first kappa shape index (κ1) is 16.7. The van der Waals surface area contributed by atoms with Gasteiger partial charge in [0.1, 0.15) is 5.75 Å². The number of hydrazine groups is 1. The maximum absolute atomic E-state index is 11.9. The predicted molar refractivity (Wildman–Crippen MR) is 89.6 cm³/mol. The second kappa shape index (κ2) is 7.58. The van der Waals surface area contributed by atoms with Crippen LogP contribution in [0.25, 0.3) is 11.4 Å². The summed E-state index contributed by atoms with van der Waals surface area (Å²) in [5, 5.41) is 17.2. The number of aryl methyl sites for hydroxylation is 1. The number of phenolic OH excluding ortho intramolecular Hbond substituents is 1. The number of carbonyl (C=O) groups is 2. The van der Waals surface area contributed by atoms with Gasteiger partial charge in [-0.1, -0.05) is 17.3 Å². The lowest BCUT2D eigenvalue weighted by Crippen LogP contribution is -2.41. The maximum atomic E-state index is 11.9. The molecular weight excluding hydrogens is 344 g/mol. The molecule has 0 unspecified atom stereocenters. The highest BCUT2D eigenvalue weighted by molar-refractivity contribution is 7.08. The number of hydrogen-bond acceptors (Lipinski definition) is 7. The lowest BCUT2D eigenvalue weighted by atomic mass is 10.2. The summed E-state index contributed by atoms with van der Waals surface area (Å²) in [5.74, 6) is -0.378. The Balaban J connectivity index is 1.47. The highest BCUT2D eigenvalue weighted by Gasteiger charge is 2.13. The number of nitrogens with one attached hydrogen (secondary N) is 2. The van der Waals surface area contributed by atoms with E-state index in [1.54, 1.807) is 12.1 Å². The minimum Gasteiger partial charge on any atom is -0.507 e. The van der Waals surface area contributed by atoms with E-state index in [0.717, 1.165) is 5.56 Å². The third-order valence-electron chi connectivity index (χ3n) is 3.28. The molecule has 1 aromatic carbocycles. The second-order valence-corrected chi connectivity index (χ2v) is 5.82. The number of rotatable bonds is 5. The van der Waals surface area contributed by atoms with Crippen LogP contribution in [0.3, 0.4) is 0 Å². The zero-order chi connectivity index (χ0) is 17.6. The Morgan fingerprint density at radius 2 is 2.04 bits per heavy atom. The molecule has 3 aromatic rings. The van der Waals surface area contributed by atoms with E-state index in [-0.39, 0.29) is 24.2 Å². The molecule has 0 saturated heterocycles. The number of aromatic nitrogens is 2. The molecule has 0 aliphatic heterocycles. The van der Waals surface area contributed by atoms with Crippen LogP contribution >= 0.6 is 11.3 Å². The van der Waals surface area contributed by atoms with Crippen molar-refractivity contribution in [3.05, 3.63) is 52.5 Å². The lowest BCUT2D eigenvalue weighted by Gasteiger charge is -2.07. The van der Waals surface area contributed by atoms with Gasteiger partial charge in [0.05, 0.1) is 5.56 Å². The number of amides is 2. The van der Waals surface area contributed by atoms with Crippen molar-refractivity contribution in [1.29, 1.82) is 0 Å². The van der Waals surface area contributed by atoms with Crippen molar-refractivity contribution in [3.8, 4) is 17.1 Å². The molecule has 3 rings (SSSR count). The van der Waals surface area contributed by atoms with Gasteiger partial charge < -0.3 is 9.63 Å². The highest BCUT2D eigenvalue weighted by atomic mass is 32.1. The molecular formula is C16H14N4O4S. The molecule has 0 saturated carbocycles. The summed E-state index contributed by atoms with van der Waals surface area (Å²) in [6.45, 7) is 0. The van der Waals surface area contributed by atoms with E-state index in [2.05, 4.69) is 21.0 Å².